The molecule has 0 spiro atoms. The number of nitro benzene ring substituents is 1. The minimum atomic E-state index is -0.462. The third-order valence-electron chi connectivity index (χ3n) is 1.42. The van der Waals surface area contributed by atoms with Gasteiger partial charge in [-0.25, -0.2) is 12.0 Å². The number of nitrogens with zero attached hydrogens (tertiary/aromatic N) is 1. The first-order chi connectivity index (χ1) is 7.24. The largest absolute Gasteiger partial charge is 1.00 e. The number of benzene rings is 1. The van der Waals surface area contributed by atoms with E-state index in [-0.39, 0.29) is 35.2 Å². The van der Waals surface area contributed by atoms with Crippen LogP contribution in [-0.2, 0) is 0 Å². The molecule has 82 valence electrons. The predicted molar refractivity (Wildman–Crippen MR) is 61.8 cm³/mol. The molecule has 0 aliphatic heterocycles. The number of hydrogen-bond acceptors (Lipinski definition) is 4. The van der Waals surface area contributed by atoms with E-state index < -0.39 is 4.92 Å². The summed E-state index contributed by atoms with van der Waals surface area (Å²) in [6, 6.07) is 5.97. The van der Waals surface area contributed by atoms with E-state index in [2.05, 4.69) is 0 Å². The molecule has 0 saturated carbocycles. The molecule has 1 aromatic rings. The van der Waals surface area contributed by atoms with Gasteiger partial charge < -0.3 is 4.55 Å². The van der Waals surface area contributed by atoms with Crippen LogP contribution < -0.4 is 29.6 Å². The molecule has 0 amide bonds. The third kappa shape index (κ3) is 7.03. The van der Waals surface area contributed by atoms with Crippen molar-refractivity contribution in [2.24, 2.45) is 0 Å². The molecule has 6 heteroatoms. The van der Waals surface area contributed by atoms with E-state index >= 15 is 0 Å². The summed E-state index contributed by atoms with van der Waals surface area (Å²) in [7, 11) is 0. The average Bonchev–Trinajstić information content (AvgIpc) is 2.29. The second-order valence-corrected chi connectivity index (χ2v) is 2.71. The van der Waals surface area contributed by atoms with Gasteiger partial charge in [0.2, 0.25) is 0 Å². The van der Waals surface area contributed by atoms with Gasteiger partial charge >= 0.3 is 29.6 Å². The zero-order valence-corrected chi connectivity index (χ0v) is 12.4. The smallest absolute Gasteiger partial charge is 0.795 e. The minimum Gasteiger partial charge on any atom is -0.795 e. The molecule has 0 aromatic heterocycles. The Morgan fingerprint density at radius 2 is 1.75 bits per heavy atom. The minimum absolute atomic E-state index is 0. The van der Waals surface area contributed by atoms with Gasteiger partial charge in [0.25, 0.3) is 5.69 Å². The van der Waals surface area contributed by atoms with Crippen molar-refractivity contribution in [2.75, 3.05) is 0 Å². The fourth-order valence-corrected chi connectivity index (χ4v) is 1.03. The van der Waals surface area contributed by atoms with E-state index in [1.807, 2.05) is 13.8 Å². The van der Waals surface area contributed by atoms with E-state index in [0.29, 0.717) is 12.0 Å². The predicted octanol–water partition coefficient (Wildman–Crippen LogP) is 0.459. The maximum absolute atomic E-state index is 10.3. The van der Waals surface area contributed by atoms with Crippen molar-refractivity contribution < 1.29 is 39.0 Å². The van der Waals surface area contributed by atoms with Crippen LogP contribution in [0.5, 0.6) is 0 Å². The normalized spacial score (nSPS) is 8.94. The molecule has 0 radical (unpaired) electrons. The van der Waals surface area contributed by atoms with E-state index in [1.165, 1.54) is 17.5 Å². The van der Waals surface area contributed by atoms with Gasteiger partial charge in [-0.05, 0) is 29.2 Å². The number of nitro groups is 1. The molecule has 0 aliphatic rings. The summed E-state index contributed by atoms with van der Waals surface area (Å²) in [6.45, 7) is 4.00. The molecule has 1 rings (SSSR count). The first-order valence-corrected chi connectivity index (χ1v) is 5.24. The van der Waals surface area contributed by atoms with Gasteiger partial charge in [0.05, 0.1) is 4.92 Å². The Morgan fingerprint density at radius 1 is 1.25 bits per heavy atom. The first kappa shape index (κ1) is 18.0. The fraction of sp³-hybridized carbons (Fsp3) is 0.200. The molecule has 16 heavy (non-hydrogen) atoms. The van der Waals surface area contributed by atoms with Crippen molar-refractivity contribution in [2.45, 2.75) is 13.8 Å². The topological polar surface area (TPSA) is 66.2 Å². The Balaban J connectivity index is 0. The summed E-state index contributed by atoms with van der Waals surface area (Å²) in [6.07, 6.45) is 1.60. The Kier molecular flexibility index (Phi) is 12.6. The van der Waals surface area contributed by atoms with Crippen molar-refractivity contribution >= 4 is 23.8 Å². The van der Waals surface area contributed by atoms with Gasteiger partial charge in [0.1, 0.15) is 0 Å². The van der Waals surface area contributed by atoms with Gasteiger partial charge in [-0.15, -0.1) is 0 Å². The van der Waals surface area contributed by atoms with Crippen molar-refractivity contribution in [3.8, 4) is 0 Å². The third-order valence-corrected chi connectivity index (χ3v) is 1.67. The summed E-state index contributed by atoms with van der Waals surface area (Å²) < 4.78 is 10.00. The Morgan fingerprint density at radius 3 is 2.12 bits per heavy atom. The Bertz CT molecular complexity index is 327. The second-order valence-electron chi connectivity index (χ2n) is 2.25. The van der Waals surface area contributed by atoms with Crippen molar-refractivity contribution in [3.05, 3.63) is 45.4 Å². The van der Waals surface area contributed by atoms with Crippen LogP contribution in [0.4, 0.5) is 5.69 Å². The first-order valence-electron chi connectivity index (χ1n) is 4.43. The zero-order valence-electron chi connectivity index (χ0n) is 9.54. The Hall–Kier alpha value is -0.330. The number of hydrogen-bond donors (Lipinski definition) is 0. The summed E-state index contributed by atoms with van der Waals surface area (Å²) in [5.41, 5.74) is 0.820. The summed E-state index contributed by atoms with van der Waals surface area (Å²) >= 11 is 0.343. The van der Waals surface area contributed by atoms with Crippen molar-refractivity contribution in [1.29, 1.82) is 0 Å². The van der Waals surface area contributed by atoms with Crippen LogP contribution in [0, 0.1) is 10.1 Å². The second kappa shape index (κ2) is 11.2. The molecule has 4 nitrogen and oxygen atoms in total. The molecular weight excluding hydrogens is 237 g/mol. The number of rotatable bonds is 3. The van der Waals surface area contributed by atoms with Crippen LogP contribution in [-0.4, -0.2) is 9.48 Å². The van der Waals surface area contributed by atoms with Crippen LogP contribution in [0.1, 0.15) is 19.4 Å². The van der Waals surface area contributed by atoms with Gasteiger partial charge in [-0.2, -0.15) is 0 Å². The zero-order chi connectivity index (χ0) is 11.7. The Labute approximate surface area is 121 Å². The van der Waals surface area contributed by atoms with Crippen molar-refractivity contribution in [1.82, 2.24) is 0 Å². The maximum atomic E-state index is 10.3. The average molecular weight is 249 g/mol. The van der Waals surface area contributed by atoms with E-state index in [9.17, 15) is 14.7 Å². The van der Waals surface area contributed by atoms with Crippen LogP contribution in [0.3, 0.4) is 0 Å². The van der Waals surface area contributed by atoms with Crippen LogP contribution >= 0.6 is 12.0 Å². The van der Waals surface area contributed by atoms with E-state index in [1.54, 1.807) is 18.2 Å². The molecule has 0 fully saturated rings. The fourth-order valence-electron chi connectivity index (χ4n) is 0.813. The summed E-state index contributed by atoms with van der Waals surface area (Å²) in [5.74, 6) is 0. The van der Waals surface area contributed by atoms with Crippen LogP contribution in [0.2, 0.25) is 0 Å². The van der Waals surface area contributed by atoms with Gasteiger partial charge in [-0.3, -0.25) is 10.1 Å². The molecule has 0 saturated heterocycles. The SMILES string of the molecule is CC.O=[N+]([O-])c1ccc(/C=C/S[O-])cc1.[Na+]. The molecule has 0 heterocycles. The standard InChI is InChI=1S/C8H7NO3S.C2H6.Na/c10-9(11)8-3-1-7(2-4-8)5-6-13-12;1-2;/h1-6,12H;1-2H3;/q;;+1/p-1/b6-5+;;. The molecular formula is C10H12NNaO3S. The van der Waals surface area contributed by atoms with Crippen LogP contribution in [0.15, 0.2) is 29.7 Å². The quantitative estimate of drug-likeness (QED) is 0.338. The molecule has 0 N–H and O–H groups in total. The summed E-state index contributed by atoms with van der Waals surface area (Å²) in [5, 5.41) is 11.6. The van der Waals surface area contributed by atoms with Crippen molar-refractivity contribution in [3.63, 3.8) is 0 Å². The molecule has 1 aromatic carbocycles. The maximum Gasteiger partial charge on any atom is 1.00 e. The van der Waals surface area contributed by atoms with Gasteiger partial charge in [-0.1, -0.05) is 13.8 Å². The molecule has 0 bridgehead atoms. The van der Waals surface area contributed by atoms with E-state index in [4.69, 9.17) is 0 Å². The van der Waals surface area contributed by atoms with E-state index in [0.717, 1.165) is 5.56 Å². The van der Waals surface area contributed by atoms with Crippen LogP contribution in [0.25, 0.3) is 6.08 Å². The molecule has 0 atom stereocenters. The molecule has 0 unspecified atom stereocenters. The summed E-state index contributed by atoms with van der Waals surface area (Å²) in [4.78, 5) is 9.80. The monoisotopic (exact) mass is 249 g/mol. The number of non-ortho nitro benzene ring substituents is 1. The van der Waals surface area contributed by atoms with Gasteiger partial charge in [0.15, 0.2) is 0 Å². The van der Waals surface area contributed by atoms with Gasteiger partial charge in [0, 0.05) is 12.1 Å². The molecule has 0 aliphatic carbocycles.